The predicted molar refractivity (Wildman–Crippen MR) is 138 cm³/mol. The Labute approximate surface area is 213 Å². The second kappa shape index (κ2) is 9.74. The SMILES string of the molecule is O=C(Nc1ccc(C(=O)N2CCC3(CCCC3=NO)Cc3ccccc32)cc1)c1cc(F)ccc1Cl. The summed E-state index contributed by atoms with van der Waals surface area (Å²) >= 11 is 6.03. The molecule has 2 aliphatic rings. The molecule has 1 heterocycles. The molecular formula is C28H25ClFN3O3. The van der Waals surface area contributed by atoms with E-state index < -0.39 is 11.7 Å². The molecule has 1 fully saturated rings. The first-order valence-corrected chi connectivity index (χ1v) is 12.3. The van der Waals surface area contributed by atoms with Gasteiger partial charge in [-0.2, -0.15) is 0 Å². The fraction of sp³-hybridized carbons (Fsp3) is 0.250. The standard InChI is InChI=1S/C28H25ClFN3O3/c29-23-12-9-20(30)16-22(23)26(34)31-21-10-7-18(8-11-21)27(35)33-15-14-28(13-3-6-25(28)32-36)17-19-4-1-2-5-24(19)33/h1-2,4-5,7-12,16,36H,3,6,13-15,17H2,(H,31,34). The molecule has 6 nitrogen and oxygen atoms in total. The molecule has 0 saturated heterocycles. The number of anilines is 2. The molecule has 3 aromatic carbocycles. The average Bonchev–Trinajstić information content (AvgIpc) is 3.20. The molecule has 1 saturated carbocycles. The van der Waals surface area contributed by atoms with E-state index in [9.17, 15) is 19.2 Å². The zero-order valence-corrected chi connectivity index (χ0v) is 20.3. The van der Waals surface area contributed by atoms with Crippen molar-refractivity contribution in [3.05, 3.63) is 94.3 Å². The van der Waals surface area contributed by atoms with Gasteiger partial charge in [-0.1, -0.05) is 35.0 Å². The van der Waals surface area contributed by atoms with Gasteiger partial charge in [-0.15, -0.1) is 0 Å². The smallest absolute Gasteiger partial charge is 0.258 e. The van der Waals surface area contributed by atoms with Gasteiger partial charge in [0.05, 0.1) is 16.3 Å². The molecule has 1 aliphatic heterocycles. The molecule has 1 spiro atoms. The minimum absolute atomic E-state index is 0.0321. The third kappa shape index (κ3) is 4.46. The van der Waals surface area contributed by atoms with E-state index in [1.165, 1.54) is 12.1 Å². The normalized spacial score (nSPS) is 20.3. The molecule has 1 atom stereocenters. The molecule has 36 heavy (non-hydrogen) atoms. The quantitative estimate of drug-likeness (QED) is 0.322. The molecule has 0 radical (unpaired) electrons. The first-order chi connectivity index (χ1) is 17.4. The first kappa shape index (κ1) is 24.0. The highest BCUT2D eigenvalue weighted by Gasteiger charge is 2.43. The summed E-state index contributed by atoms with van der Waals surface area (Å²) in [6.07, 6.45) is 4.14. The van der Waals surface area contributed by atoms with Crippen LogP contribution in [0, 0.1) is 11.2 Å². The highest BCUT2D eigenvalue weighted by molar-refractivity contribution is 6.34. The third-order valence-electron chi connectivity index (χ3n) is 7.23. The van der Waals surface area contributed by atoms with E-state index in [1.807, 2.05) is 24.3 Å². The number of rotatable bonds is 3. The summed E-state index contributed by atoms with van der Waals surface area (Å²) < 4.78 is 13.5. The number of nitrogens with one attached hydrogen (secondary N) is 1. The molecule has 2 amide bonds. The van der Waals surface area contributed by atoms with Gasteiger partial charge in [0, 0.05) is 28.9 Å². The van der Waals surface area contributed by atoms with E-state index in [-0.39, 0.29) is 21.9 Å². The van der Waals surface area contributed by atoms with Crippen molar-refractivity contribution in [2.75, 3.05) is 16.8 Å². The molecule has 0 bridgehead atoms. The fourth-order valence-electron chi connectivity index (χ4n) is 5.38. The van der Waals surface area contributed by atoms with Gasteiger partial charge in [0.1, 0.15) is 5.82 Å². The Morgan fingerprint density at radius 1 is 1.06 bits per heavy atom. The number of oxime groups is 1. The molecule has 2 N–H and O–H groups in total. The number of carbonyl (C=O) groups excluding carboxylic acids is 2. The number of para-hydroxylation sites is 1. The maximum Gasteiger partial charge on any atom is 0.258 e. The van der Waals surface area contributed by atoms with Gasteiger partial charge in [-0.25, -0.2) is 4.39 Å². The summed E-state index contributed by atoms with van der Waals surface area (Å²) in [5.41, 5.74) is 3.48. The number of hydrogen-bond donors (Lipinski definition) is 2. The minimum atomic E-state index is -0.556. The molecule has 8 heteroatoms. The summed E-state index contributed by atoms with van der Waals surface area (Å²) in [7, 11) is 0. The summed E-state index contributed by atoms with van der Waals surface area (Å²) in [6.45, 7) is 0.505. The Bertz CT molecular complexity index is 1360. The van der Waals surface area contributed by atoms with Crippen LogP contribution in [0.1, 0.15) is 52.0 Å². The Morgan fingerprint density at radius 2 is 1.83 bits per heavy atom. The zero-order chi connectivity index (χ0) is 25.3. The number of benzene rings is 3. The lowest BCUT2D eigenvalue weighted by atomic mass is 9.76. The number of carbonyl (C=O) groups is 2. The number of hydrogen-bond acceptors (Lipinski definition) is 4. The van der Waals surface area contributed by atoms with Crippen molar-refractivity contribution in [3.8, 4) is 0 Å². The summed E-state index contributed by atoms with van der Waals surface area (Å²) in [5, 5.41) is 16.1. The zero-order valence-electron chi connectivity index (χ0n) is 19.5. The van der Waals surface area contributed by atoms with Crippen molar-refractivity contribution in [2.45, 2.75) is 32.1 Å². The Kier molecular flexibility index (Phi) is 6.49. The minimum Gasteiger partial charge on any atom is -0.411 e. The van der Waals surface area contributed by atoms with Gasteiger partial charge < -0.3 is 15.4 Å². The molecule has 3 aromatic rings. The van der Waals surface area contributed by atoms with Crippen molar-refractivity contribution in [2.24, 2.45) is 10.6 Å². The van der Waals surface area contributed by atoms with Crippen LogP contribution in [0.25, 0.3) is 0 Å². The second-order valence-corrected chi connectivity index (χ2v) is 9.76. The highest BCUT2D eigenvalue weighted by Crippen LogP contribution is 2.46. The number of halogens is 2. The lowest BCUT2D eigenvalue weighted by Gasteiger charge is -2.28. The summed E-state index contributed by atoms with van der Waals surface area (Å²) in [6, 6.07) is 18.1. The van der Waals surface area contributed by atoms with Crippen molar-refractivity contribution < 1.29 is 19.2 Å². The topological polar surface area (TPSA) is 82.0 Å². The van der Waals surface area contributed by atoms with Gasteiger partial charge in [0.2, 0.25) is 0 Å². The molecule has 5 rings (SSSR count). The van der Waals surface area contributed by atoms with E-state index in [4.69, 9.17) is 11.6 Å². The molecular weight excluding hydrogens is 481 g/mol. The third-order valence-corrected chi connectivity index (χ3v) is 7.56. The largest absolute Gasteiger partial charge is 0.411 e. The first-order valence-electron chi connectivity index (χ1n) is 11.9. The molecule has 184 valence electrons. The van der Waals surface area contributed by atoms with Crippen LogP contribution in [0.5, 0.6) is 0 Å². The van der Waals surface area contributed by atoms with Gasteiger partial charge in [0.15, 0.2) is 0 Å². The number of nitrogens with zero attached hydrogens (tertiary/aromatic N) is 2. The predicted octanol–water partition coefficient (Wildman–Crippen LogP) is 6.32. The van der Waals surface area contributed by atoms with Crippen LogP contribution in [0.4, 0.5) is 15.8 Å². The van der Waals surface area contributed by atoms with Crippen molar-refractivity contribution in [3.63, 3.8) is 0 Å². The van der Waals surface area contributed by atoms with Gasteiger partial charge in [-0.3, -0.25) is 9.59 Å². The average molecular weight is 506 g/mol. The second-order valence-electron chi connectivity index (χ2n) is 9.35. The summed E-state index contributed by atoms with van der Waals surface area (Å²) in [5.74, 6) is -1.24. The monoisotopic (exact) mass is 505 g/mol. The van der Waals surface area contributed by atoms with Crippen LogP contribution in [-0.4, -0.2) is 29.3 Å². The summed E-state index contributed by atoms with van der Waals surface area (Å²) in [4.78, 5) is 27.9. The van der Waals surface area contributed by atoms with Gasteiger partial charge in [-0.05, 0) is 86.2 Å². The van der Waals surface area contributed by atoms with E-state index in [1.54, 1.807) is 29.2 Å². The van der Waals surface area contributed by atoms with Crippen LogP contribution < -0.4 is 10.2 Å². The Balaban J connectivity index is 1.37. The maximum atomic E-state index is 13.6. The van der Waals surface area contributed by atoms with Gasteiger partial charge in [0.25, 0.3) is 11.8 Å². The number of amides is 2. The van der Waals surface area contributed by atoms with Crippen LogP contribution in [-0.2, 0) is 6.42 Å². The van der Waals surface area contributed by atoms with Crippen molar-refractivity contribution >= 4 is 40.5 Å². The maximum absolute atomic E-state index is 13.6. The van der Waals surface area contributed by atoms with E-state index in [2.05, 4.69) is 10.5 Å². The highest BCUT2D eigenvalue weighted by atomic mass is 35.5. The van der Waals surface area contributed by atoms with Crippen molar-refractivity contribution in [1.82, 2.24) is 0 Å². The van der Waals surface area contributed by atoms with E-state index in [0.29, 0.717) is 17.8 Å². The molecule has 1 unspecified atom stereocenters. The van der Waals surface area contributed by atoms with Crippen LogP contribution in [0.2, 0.25) is 5.02 Å². The molecule has 0 aromatic heterocycles. The van der Waals surface area contributed by atoms with Crippen molar-refractivity contribution in [1.29, 1.82) is 0 Å². The van der Waals surface area contributed by atoms with Crippen LogP contribution >= 0.6 is 11.6 Å². The Morgan fingerprint density at radius 3 is 2.61 bits per heavy atom. The lowest BCUT2D eigenvalue weighted by molar-refractivity contribution is 0.0984. The van der Waals surface area contributed by atoms with E-state index >= 15 is 0 Å². The lowest BCUT2D eigenvalue weighted by Crippen LogP contribution is -2.35. The Hall–Kier alpha value is -3.71. The molecule has 1 aliphatic carbocycles. The van der Waals surface area contributed by atoms with Crippen LogP contribution in [0.15, 0.2) is 71.9 Å². The van der Waals surface area contributed by atoms with E-state index in [0.717, 1.165) is 55.1 Å². The van der Waals surface area contributed by atoms with Gasteiger partial charge >= 0.3 is 0 Å². The fourth-order valence-corrected chi connectivity index (χ4v) is 5.58. The number of fused-ring (bicyclic) bond motifs is 1. The van der Waals surface area contributed by atoms with Crippen LogP contribution in [0.3, 0.4) is 0 Å².